The summed E-state index contributed by atoms with van der Waals surface area (Å²) in [5.41, 5.74) is 1.76. The lowest BCUT2D eigenvalue weighted by Crippen LogP contribution is -2.54. The van der Waals surface area contributed by atoms with E-state index in [2.05, 4.69) is 5.32 Å². The first-order valence-electron chi connectivity index (χ1n) is 10.5. The largest absolute Gasteiger partial charge is 0.350 e. The van der Waals surface area contributed by atoms with Crippen LogP contribution < -0.4 is 9.62 Å². The third kappa shape index (κ3) is 7.37. The van der Waals surface area contributed by atoms with Gasteiger partial charge in [0.25, 0.3) is 0 Å². The van der Waals surface area contributed by atoms with E-state index < -0.39 is 34.1 Å². The molecule has 2 aromatic rings. The Morgan fingerprint density at radius 2 is 1.56 bits per heavy atom. The van der Waals surface area contributed by atoms with Crippen LogP contribution in [0, 0.1) is 6.92 Å². The standard InChI is InChI=1S/C24H33N3O4S/c1-18-12-14-21(15-13-18)27(32(6,30)31)17-22(28)26(16-20-10-8-7-9-11-20)19(2)23(29)25-24(3,4)5/h7-15,19H,16-17H2,1-6H3,(H,25,29)/t19-/m0/s1. The van der Waals surface area contributed by atoms with Crippen molar-refractivity contribution in [3.05, 3.63) is 65.7 Å². The molecule has 0 aromatic heterocycles. The second-order valence-electron chi connectivity index (χ2n) is 9.03. The number of anilines is 1. The number of rotatable bonds is 8. The SMILES string of the molecule is Cc1ccc(N(CC(=O)N(Cc2ccccc2)[C@@H](C)C(=O)NC(C)(C)C)S(C)(=O)=O)cc1. The number of carbonyl (C=O) groups is 2. The highest BCUT2D eigenvalue weighted by molar-refractivity contribution is 7.92. The molecule has 2 aromatic carbocycles. The first-order chi connectivity index (χ1) is 14.8. The van der Waals surface area contributed by atoms with Crippen LogP contribution in [0.3, 0.4) is 0 Å². The molecule has 0 aliphatic rings. The molecule has 0 heterocycles. The lowest BCUT2D eigenvalue weighted by molar-refractivity contribution is -0.140. The third-order valence-electron chi connectivity index (χ3n) is 4.86. The Hall–Kier alpha value is -2.87. The third-order valence-corrected chi connectivity index (χ3v) is 6.00. The summed E-state index contributed by atoms with van der Waals surface area (Å²) in [7, 11) is -3.72. The van der Waals surface area contributed by atoms with Crippen LogP contribution in [0.2, 0.25) is 0 Å². The van der Waals surface area contributed by atoms with Gasteiger partial charge in [0, 0.05) is 12.1 Å². The van der Waals surface area contributed by atoms with Crippen molar-refractivity contribution in [1.82, 2.24) is 10.2 Å². The highest BCUT2D eigenvalue weighted by Gasteiger charge is 2.31. The van der Waals surface area contributed by atoms with Crippen molar-refractivity contribution in [2.45, 2.75) is 52.7 Å². The molecule has 7 nitrogen and oxygen atoms in total. The van der Waals surface area contributed by atoms with E-state index in [4.69, 9.17) is 0 Å². The van der Waals surface area contributed by atoms with Gasteiger partial charge < -0.3 is 10.2 Å². The summed E-state index contributed by atoms with van der Waals surface area (Å²) in [5.74, 6) is -0.764. The molecule has 1 N–H and O–H groups in total. The maximum atomic E-state index is 13.4. The fourth-order valence-corrected chi connectivity index (χ4v) is 4.01. The van der Waals surface area contributed by atoms with Crippen LogP contribution in [0.1, 0.15) is 38.8 Å². The number of aryl methyl sites for hydroxylation is 1. The fraction of sp³-hybridized carbons (Fsp3) is 0.417. The van der Waals surface area contributed by atoms with Crippen LogP contribution in [0.4, 0.5) is 5.69 Å². The van der Waals surface area contributed by atoms with Crippen molar-refractivity contribution < 1.29 is 18.0 Å². The van der Waals surface area contributed by atoms with E-state index >= 15 is 0 Å². The fourth-order valence-electron chi connectivity index (χ4n) is 3.16. The quantitative estimate of drug-likeness (QED) is 0.657. The monoisotopic (exact) mass is 459 g/mol. The molecule has 174 valence electrons. The van der Waals surface area contributed by atoms with Crippen LogP contribution in [0.25, 0.3) is 0 Å². The minimum atomic E-state index is -3.72. The van der Waals surface area contributed by atoms with E-state index in [-0.39, 0.29) is 12.5 Å². The van der Waals surface area contributed by atoms with Gasteiger partial charge in [-0.3, -0.25) is 13.9 Å². The Kier molecular flexibility index (Phi) is 8.07. The number of hydrogen-bond donors (Lipinski definition) is 1. The first kappa shape index (κ1) is 25.4. The number of nitrogens with zero attached hydrogens (tertiary/aromatic N) is 2. The predicted molar refractivity (Wildman–Crippen MR) is 128 cm³/mol. The summed E-state index contributed by atoms with van der Waals surface area (Å²) in [6, 6.07) is 15.4. The smallest absolute Gasteiger partial charge is 0.244 e. The van der Waals surface area contributed by atoms with Crippen molar-refractivity contribution in [1.29, 1.82) is 0 Å². The summed E-state index contributed by atoms with van der Waals surface area (Å²) in [6.07, 6.45) is 1.07. The number of amides is 2. The highest BCUT2D eigenvalue weighted by atomic mass is 32.2. The number of hydrogen-bond acceptors (Lipinski definition) is 4. The van der Waals surface area contributed by atoms with E-state index in [0.29, 0.717) is 5.69 Å². The van der Waals surface area contributed by atoms with E-state index in [0.717, 1.165) is 21.7 Å². The Morgan fingerprint density at radius 1 is 1.00 bits per heavy atom. The van der Waals surface area contributed by atoms with E-state index in [1.54, 1.807) is 31.2 Å². The average Bonchev–Trinajstić information content (AvgIpc) is 2.69. The van der Waals surface area contributed by atoms with Crippen LogP contribution >= 0.6 is 0 Å². The van der Waals surface area contributed by atoms with Gasteiger partial charge in [-0.25, -0.2) is 8.42 Å². The molecule has 0 aliphatic heterocycles. The summed E-state index contributed by atoms with van der Waals surface area (Å²) >= 11 is 0. The van der Waals surface area contributed by atoms with Gasteiger partial charge in [0.05, 0.1) is 11.9 Å². The minimum Gasteiger partial charge on any atom is -0.350 e. The zero-order valence-corrected chi connectivity index (χ0v) is 20.4. The molecule has 2 rings (SSSR count). The molecule has 0 aliphatic carbocycles. The average molecular weight is 460 g/mol. The molecular weight excluding hydrogens is 426 g/mol. The summed E-state index contributed by atoms with van der Waals surface area (Å²) in [5, 5.41) is 2.90. The van der Waals surface area contributed by atoms with Crippen molar-refractivity contribution in [2.75, 3.05) is 17.1 Å². The number of carbonyl (C=O) groups excluding carboxylic acids is 2. The first-order valence-corrected chi connectivity index (χ1v) is 12.3. The van der Waals surface area contributed by atoms with Gasteiger partial charge in [-0.05, 0) is 52.3 Å². The summed E-state index contributed by atoms with van der Waals surface area (Å²) in [6.45, 7) is 8.93. The van der Waals surface area contributed by atoms with Crippen molar-refractivity contribution >= 4 is 27.5 Å². The maximum absolute atomic E-state index is 13.4. The van der Waals surface area contributed by atoms with Crippen molar-refractivity contribution in [3.8, 4) is 0 Å². The second kappa shape index (κ2) is 10.2. The van der Waals surface area contributed by atoms with Gasteiger partial charge >= 0.3 is 0 Å². The second-order valence-corrected chi connectivity index (χ2v) is 10.9. The molecule has 0 saturated heterocycles. The molecule has 0 bridgehead atoms. The molecule has 2 amide bonds. The summed E-state index contributed by atoms with van der Waals surface area (Å²) in [4.78, 5) is 27.7. The summed E-state index contributed by atoms with van der Waals surface area (Å²) < 4.78 is 26.1. The topological polar surface area (TPSA) is 86.8 Å². The van der Waals surface area contributed by atoms with Gasteiger partial charge in [0.15, 0.2) is 0 Å². The molecule has 32 heavy (non-hydrogen) atoms. The van der Waals surface area contributed by atoms with Gasteiger partial charge in [-0.2, -0.15) is 0 Å². The van der Waals surface area contributed by atoms with E-state index in [1.165, 1.54) is 4.90 Å². The Bertz CT molecular complexity index is 1030. The predicted octanol–water partition coefficient (Wildman–Crippen LogP) is 3.09. The van der Waals surface area contributed by atoms with Gasteiger partial charge in [-0.1, -0.05) is 48.0 Å². The molecule has 0 radical (unpaired) electrons. The lowest BCUT2D eigenvalue weighted by Gasteiger charge is -2.33. The Balaban J connectivity index is 2.36. The molecule has 0 unspecified atom stereocenters. The minimum absolute atomic E-state index is 0.184. The highest BCUT2D eigenvalue weighted by Crippen LogP contribution is 2.20. The van der Waals surface area contributed by atoms with Gasteiger partial charge in [-0.15, -0.1) is 0 Å². The number of sulfonamides is 1. The number of benzene rings is 2. The zero-order valence-electron chi connectivity index (χ0n) is 19.6. The van der Waals surface area contributed by atoms with Crippen LogP contribution in [0.5, 0.6) is 0 Å². The molecular formula is C24H33N3O4S. The Labute approximate surface area is 191 Å². The zero-order chi connectivity index (χ0) is 24.1. The van der Waals surface area contributed by atoms with Crippen LogP contribution in [-0.2, 0) is 26.2 Å². The lowest BCUT2D eigenvalue weighted by atomic mass is 10.1. The molecule has 0 spiro atoms. The van der Waals surface area contributed by atoms with Crippen LogP contribution in [-0.4, -0.2) is 49.5 Å². The normalized spacial score (nSPS) is 12.7. The molecule has 0 fully saturated rings. The molecule has 0 saturated carbocycles. The molecule has 1 atom stereocenters. The Morgan fingerprint density at radius 3 is 2.06 bits per heavy atom. The van der Waals surface area contributed by atoms with Gasteiger partial charge in [0.1, 0.15) is 12.6 Å². The van der Waals surface area contributed by atoms with E-state index in [1.807, 2.05) is 58.0 Å². The van der Waals surface area contributed by atoms with Crippen molar-refractivity contribution in [2.24, 2.45) is 0 Å². The maximum Gasteiger partial charge on any atom is 0.244 e. The number of nitrogens with one attached hydrogen (secondary N) is 1. The van der Waals surface area contributed by atoms with E-state index in [9.17, 15) is 18.0 Å². The van der Waals surface area contributed by atoms with Crippen molar-refractivity contribution in [3.63, 3.8) is 0 Å². The molecule has 8 heteroatoms. The van der Waals surface area contributed by atoms with Gasteiger partial charge in [0.2, 0.25) is 21.8 Å². The van der Waals surface area contributed by atoms with Crippen LogP contribution in [0.15, 0.2) is 54.6 Å².